The third-order valence-electron chi connectivity index (χ3n) is 3.82. The van der Waals surface area contributed by atoms with Crippen molar-refractivity contribution in [2.24, 2.45) is 5.73 Å². The second-order valence-corrected chi connectivity index (χ2v) is 5.73. The molecule has 1 aromatic rings. The average molecular weight is 353 g/mol. The summed E-state index contributed by atoms with van der Waals surface area (Å²) in [5.41, 5.74) is 7.17. The average Bonchev–Trinajstić information content (AvgIpc) is 2.67. The molecule has 4 N–H and O–H groups in total. The largest absolute Gasteiger partial charge is 0.469 e. The van der Waals surface area contributed by atoms with Crippen LogP contribution in [0, 0.1) is 0 Å². The van der Waals surface area contributed by atoms with Gasteiger partial charge in [0.2, 0.25) is 11.7 Å². The second-order valence-electron chi connectivity index (χ2n) is 5.73. The summed E-state index contributed by atoms with van der Waals surface area (Å²) in [5.74, 6) is -1.24. The Morgan fingerprint density at radius 2 is 2.15 bits per heavy atom. The number of hydrogen-bond donors (Lipinski definition) is 3. The highest BCUT2D eigenvalue weighted by molar-refractivity contribution is 6.33. The molecular weight excluding hydrogens is 333 g/mol. The lowest BCUT2D eigenvalue weighted by molar-refractivity contribution is -0.140. The number of rotatable bonds is 7. The molecule has 2 radical (unpaired) electrons. The van der Waals surface area contributed by atoms with Crippen molar-refractivity contribution in [3.8, 4) is 0 Å². The number of ketones is 1. The number of carbonyl (C=O) groups excluding carboxylic acids is 3. The first-order valence-corrected chi connectivity index (χ1v) is 8.10. The molecule has 26 heavy (non-hydrogen) atoms. The lowest BCUT2D eigenvalue weighted by Crippen LogP contribution is -2.36. The van der Waals surface area contributed by atoms with Crippen LogP contribution in [0.15, 0.2) is 42.1 Å². The van der Waals surface area contributed by atoms with Gasteiger partial charge in [0.1, 0.15) is 7.85 Å². The summed E-state index contributed by atoms with van der Waals surface area (Å²) < 4.78 is 4.53. The van der Waals surface area contributed by atoms with E-state index in [2.05, 4.69) is 15.4 Å². The van der Waals surface area contributed by atoms with Crippen LogP contribution < -0.4 is 21.8 Å². The van der Waals surface area contributed by atoms with Gasteiger partial charge in [0, 0.05) is 18.5 Å². The maximum Gasteiger partial charge on any atom is 0.305 e. The van der Waals surface area contributed by atoms with E-state index in [1.54, 1.807) is 24.3 Å². The number of amides is 1. The van der Waals surface area contributed by atoms with Gasteiger partial charge in [-0.3, -0.25) is 14.4 Å². The predicted octanol–water partition coefficient (Wildman–Crippen LogP) is -0.0746. The third kappa shape index (κ3) is 5.06. The number of nitrogens with one attached hydrogen (secondary N) is 2. The minimum Gasteiger partial charge on any atom is -0.469 e. The summed E-state index contributed by atoms with van der Waals surface area (Å²) in [6.45, 7) is 0.542. The van der Waals surface area contributed by atoms with E-state index in [4.69, 9.17) is 13.6 Å². The van der Waals surface area contributed by atoms with Crippen LogP contribution in [0.25, 0.3) is 0 Å². The van der Waals surface area contributed by atoms with E-state index in [-0.39, 0.29) is 24.2 Å². The second kappa shape index (κ2) is 9.01. The third-order valence-corrected chi connectivity index (χ3v) is 3.82. The van der Waals surface area contributed by atoms with Crippen molar-refractivity contribution >= 4 is 36.7 Å². The first-order valence-electron chi connectivity index (χ1n) is 8.10. The quantitative estimate of drug-likeness (QED) is 0.359. The molecule has 7 nitrogen and oxygen atoms in total. The van der Waals surface area contributed by atoms with Crippen molar-refractivity contribution < 1.29 is 19.1 Å². The summed E-state index contributed by atoms with van der Waals surface area (Å²) in [5, 5.41) is 5.61. The van der Waals surface area contributed by atoms with Gasteiger partial charge in [-0.2, -0.15) is 0 Å². The molecule has 0 aromatic heterocycles. The molecule has 1 aliphatic rings. The number of allylic oxidation sites excluding steroid dienone is 3. The van der Waals surface area contributed by atoms with E-state index in [0.717, 1.165) is 0 Å². The Morgan fingerprint density at radius 3 is 2.81 bits per heavy atom. The van der Waals surface area contributed by atoms with E-state index in [1.165, 1.54) is 13.2 Å². The summed E-state index contributed by atoms with van der Waals surface area (Å²) >= 11 is 0. The highest BCUT2D eigenvalue weighted by Gasteiger charge is 2.21. The zero-order valence-corrected chi connectivity index (χ0v) is 14.5. The van der Waals surface area contributed by atoms with E-state index >= 15 is 0 Å². The molecule has 134 valence electrons. The molecule has 0 unspecified atom stereocenters. The molecule has 0 aliphatic carbocycles. The van der Waals surface area contributed by atoms with Gasteiger partial charge in [-0.25, -0.2) is 0 Å². The molecule has 2 rings (SSSR count). The Morgan fingerprint density at radius 1 is 1.38 bits per heavy atom. The molecule has 0 saturated carbocycles. The van der Waals surface area contributed by atoms with Gasteiger partial charge in [-0.05, 0) is 18.6 Å². The van der Waals surface area contributed by atoms with Gasteiger partial charge in [0.15, 0.2) is 0 Å². The molecule has 8 heteroatoms. The fourth-order valence-corrected chi connectivity index (χ4v) is 2.35. The van der Waals surface area contributed by atoms with Crippen LogP contribution >= 0.6 is 0 Å². The number of anilines is 1. The zero-order chi connectivity index (χ0) is 19.1. The minimum absolute atomic E-state index is 0.0295. The summed E-state index contributed by atoms with van der Waals surface area (Å²) in [6, 6.07) is 3.71. The van der Waals surface area contributed by atoms with Crippen molar-refractivity contribution in [2.45, 2.75) is 18.9 Å². The van der Waals surface area contributed by atoms with Crippen LogP contribution in [0.3, 0.4) is 0 Å². The molecule has 1 aliphatic heterocycles. The topological polar surface area (TPSA) is 111 Å². The Labute approximate surface area is 153 Å². The maximum absolute atomic E-state index is 12.7. The Bertz CT molecular complexity index is 774. The monoisotopic (exact) mass is 353 g/mol. The number of dihydropyridines is 1. The number of esters is 1. The van der Waals surface area contributed by atoms with E-state index < -0.39 is 17.9 Å². The van der Waals surface area contributed by atoms with Crippen LogP contribution in [0.5, 0.6) is 0 Å². The lowest BCUT2D eigenvalue weighted by atomic mass is 9.91. The highest BCUT2D eigenvalue weighted by Crippen LogP contribution is 2.18. The summed E-state index contributed by atoms with van der Waals surface area (Å²) in [4.78, 5) is 36.2. The number of methoxy groups -OCH3 is 1. The first-order chi connectivity index (χ1) is 12.4. The molecule has 0 fully saturated rings. The van der Waals surface area contributed by atoms with Gasteiger partial charge < -0.3 is 21.1 Å². The number of Topliss-reactive ketones (excluding diaryl/α,β-unsaturated/α-hetero) is 1. The normalized spacial score (nSPS) is 14.0. The highest BCUT2D eigenvalue weighted by atomic mass is 16.5. The van der Waals surface area contributed by atoms with Gasteiger partial charge in [-0.15, -0.1) is 0 Å². The molecule has 1 amide bonds. The SMILES string of the molecule is [B]c1ccc(NC(=O)[C@@H](N)CCC(=O)OC)c(C(=O)C2=CC=CCN2)c1. The summed E-state index contributed by atoms with van der Waals surface area (Å²) in [6.07, 6.45) is 5.47. The van der Waals surface area contributed by atoms with Crippen molar-refractivity contribution in [2.75, 3.05) is 19.0 Å². The number of ether oxygens (including phenoxy) is 1. The Kier molecular flexibility index (Phi) is 6.74. The van der Waals surface area contributed by atoms with Crippen LogP contribution in [-0.2, 0) is 14.3 Å². The fraction of sp³-hybridized carbons (Fsp3) is 0.278. The predicted molar refractivity (Wildman–Crippen MR) is 99.2 cm³/mol. The molecule has 1 heterocycles. The van der Waals surface area contributed by atoms with Gasteiger partial charge >= 0.3 is 5.97 Å². The standard InChI is InChI=1S/C18H20BN3O4/c1-26-16(23)8-6-13(20)18(25)22-14-7-5-11(19)10-12(14)17(24)15-4-2-3-9-21-15/h2-5,7,10,13,21H,6,8-9,20H2,1H3,(H,22,25)/t13-/m0/s1. The van der Waals surface area contributed by atoms with Crippen LogP contribution in [0.4, 0.5) is 5.69 Å². The minimum atomic E-state index is -0.912. The fourth-order valence-electron chi connectivity index (χ4n) is 2.35. The van der Waals surface area contributed by atoms with Gasteiger partial charge in [0.05, 0.1) is 24.5 Å². The van der Waals surface area contributed by atoms with Gasteiger partial charge in [-0.1, -0.05) is 29.7 Å². The molecule has 0 spiro atoms. The number of hydrogen-bond acceptors (Lipinski definition) is 6. The van der Waals surface area contributed by atoms with Crippen molar-refractivity contribution in [1.29, 1.82) is 0 Å². The van der Waals surface area contributed by atoms with Crippen LogP contribution in [-0.4, -0.2) is 45.2 Å². The molecule has 0 bridgehead atoms. The molecular formula is C18H20BN3O4. The summed E-state index contributed by atoms with van der Waals surface area (Å²) in [7, 11) is 7.05. The van der Waals surface area contributed by atoms with E-state index in [1.807, 2.05) is 6.08 Å². The van der Waals surface area contributed by atoms with E-state index in [9.17, 15) is 14.4 Å². The first kappa shape index (κ1) is 19.5. The lowest BCUT2D eigenvalue weighted by Gasteiger charge is -2.17. The maximum atomic E-state index is 12.7. The molecule has 1 aromatic carbocycles. The van der Waals surface area contributed by atoms with Crippen molar-refractivity contribution in [3.63, 3.8) is 0 Å². The number of carbonyl (C=O) groups is 3. The van der Waals surface area contributed by atoms with Crippen LogP contribution in [0.1, 0.15) is 23.2 Å². The Balaban J connectivity index is 2.15. The van der Waals surface area contributed by atoms with Crippen LogP contribution in [0.2, 0.25) is 0 Å². The van der Waals surface area contributed by atoms with Gasteiger partial charge in [0.25, 0.3) is 0 Å². The molecule has 1 atom stereocenters. The van der Waals surface area contributed by atoms with Crippen molar-refractivity contribution in [3.05, 3.63) is 47.7 Å². The van der Waals surface area contributed by atoms with E-state index in [0.29, 0.717) is 23.4 Å². The number of nitrogens with two attached hydrogens (primary N) is 1. The zero-order valence-electron chi connectivity index (χ0n) is 14.5. The molecule has 0 saturated heterocycles. The number of benzene rings is 1. The smallest absolute Gasteiger partial charge is 0.305 e. The Hall–Kier alpha value is -2.87. The van der Waals surface area contributed by atoms with Crippen molar-refractivity contribution in [1.82, 2.24) is 5.32 Å².